The van der Waals surface area contributed by atoms with Crippen molar-refractivity contribution in [2.45, 2.75) is 0 Å². The fourth-order valence-electron chi connectivity index (χ4n) is 1.60. The van der Waals surface area contributed by atoms with Crippen molar-refractivity contribution in [2.75, 3.05) is 11.5 Å². The molecule has 0 unspecified atom stereocenters. The Bertz CT molecular complexity index is 692. The molecular formula is C18H18N4. The first-order valence-electron chi connectivity index (χ1n) is 6.87. The Morgan fingerprint density at radius 3 is 1.32 bits per heavy atom. The third kappa shape index (κ3) is 5.46. The second-order valence-corrected chi connectivity index (χ2v) is 4.54. The first-order valence-corrected chi connectivity index (χ1v) is 6.87. The maximum atomic E-state index is 5.56. The van der Waals surface area contributed by atoms with Crippen molar-refractivity contribution in [1.29, 1.82) is 0 Å². The fourth-order valence-corrected chi connectivity index (χ4v) is 1.60. The molecule has 3 rings (SSSR count). The quantitative estimate of drug-likeness (QED) is 0.517. The molecule has 0 aromatic heterocycles. The van der Waals surface area contributed by atoms with Crippen LogP contribution in [-0.4, -0.2) is 0 Å². The minimum absolute atomic E-state index is 0.730. The van der Waals surface area contributed by atoms with Gasteiger partial charge in [-0.15, -0.1) is 0 Å². The Kier molecular flexibility index (Phi) is 5.70. The summed E-state index contributed by atoms with van der Waals surface area (Å²) in [4.78, 5) is 0. The van der Waals surface area contributed by atoms with Crippen LogP contribution in [0.3, 0.4) is 0 Å². The maximum absolute atomic E-state index is 5.56. The lowest BCUT2D eigenvalue weighted by atomic mass is 10.3. The third-order valence-corrected chi connectivity index (χ3v) is 2.73. The molecule has 22 heavy (non-hydrogen) atoms. The molecule has 3 aromatic carbocycles. The molecule has 3 aromatic rings. The average Bonchev–Trinajstić information content (AvgIpc) is 2.57. The highest BCUT2D eigenvalue weighted by Crippen LogP contribution is 2.18. The first-order chi connectivity index (χ1) is 10.7. The molecule has 0 aliphatic carbocycles. The van der Waals surface area contributed by atoms with Gasteiger partial charge in [-0.25, -0.2) is 0 Å². The molecule has 0 heterocycles. The van der Waals surface area contributed by atoms with Gasteiger partial charge in [-0.3, -0.25) is 0 Å². The summed E-state index contributed by atoms with van der Waals surface area (Å²) in [5.41, 5.74) is 14.1. The van der Waals surface area contributed by atoms with E-state index in [0.29, 0.717) is 0 Å². The van der Waals surface area contributed by atoms with Crippen molar-refractivity contribution < 1.29 is 0 Å². The zero-order valence-electron chi connectivity index (χ0n) is 12.1. The number of benzene rings is 3. The summed E-state index contributed by atoms with van der Waals surface area (Å²) >= 11 is 0. The largest absolute Gasteiger partial charge is 0.399 e. The lowest BCUT2D eigenvalue weighted by Crippen LogP contribution is -1.80. The van der Waals surface area contributed by atoms with Crippen LogP contribution >= 0.6 is 0 Å². The monoisotopic (exact) mass is 290 g/mol. The Hall–Kier alpha value is -3.14. The molecule has 0 bridgehead atoms. The number of rotatable bonds is 2. The van der Waals surface area contributed by atoms with Crippen molar-refractivity contribution >= 4 is 22.7 Å². The minimum Gasteiger partial charge on any atom is -0.399 e. The van der Waals surface area contributed by atoms with E-state index in [9.17, 15) is 0 Å². The molecule has 0 radical (unpaired) electrons. The molecule has 0 fully saturated rings. The van der Waals surface area contributed by atoms with Crippen LogP contribution in [0.25, 0.3) is 0 Å². The van der Waals surface area contributed by atoms with Gasteiger partial charge in [0.05, 0.1) is 11.4 Å². The number of nitrogen functional groups attached to an aromatic ring is 2. The molecule has 0 aliphatic heterocycles. The van der Waals surface area contributed by atoms with Gasteiger partial charge < -0.3 is 11.5 Å². The Balaban J connectivity index is 0.000000211. The van der Waals surface area contributed by atoms with Gasteiger partial charge in [0, 0.05) is 11.4 Å². The number of para-hydroxylation sites is 1. The molecule has 0 amide bonds. The van der Waals surface area contributed by atoms with Gasteiger partial charge in [-0.05, 0) is 48.5 Å². The second kappa shape index (κ2) is 8.21. The number of anilines is 2. The van der Waals surface area contributed by atoms with Crippen LogP contribution in [0.15, 0.2) is 95.2 Å². The highest BCUT2D eigenvalue weighted by atomic mass is 15.1. The zero-order chi connectivity index (χ0) is 15.6. The number of hydrogen-bond acceptors (Lipinski definition) is 4. The second-order valence-electron chi connectivity index (χ2n) is 4.54. The molecule has 110 valence electrons. The lowest BCUT2D eigenvalue weighted by Gasteiger charge is -1.93. The van der Waals surface area contributed by atoms with E-state index in [2.05, 4.69) is 10.2 Å². The first kappa shape index (κ1) is 15.3. The molecular weight excluding hydrogens is 272 g/mol. The molecule has 0 saturated carbocycles. The molecule has 0 atom stereocenters. The third-order valence-electron chi connectivity index (χ3n) is 2.73. The van der Waals surface area contributed by atoms with Crippen LogP contribution in [0.2, 0.25) is 0 Å². The van der Waals surface area contributed by atoms with Gasteiger partial charge in [-0.1, -0.05) is 36.4 Å². The van der Waals surface area contributed by atoms with Crippen LogP contribution in [0.4, 0.5) is 22.7 Å². The summed E-state index contributed by atoms with van der Waals surface area (Å²) in [5.74, 6) is 0. The highest BCUT2D eigenvalue weighted by molar-refractivity contribution is 5.48. The molecule has 4 N–H and O–H groups in total. The topological polar surface area (TPSA) is 76.8 Å². The highest BCUT2D eigenvalue weighted by Gasteiger charge is 1.89. The van der Waals surface area contributed by atoms with Gasteiger partial charge in [0.25, 0.3) is 0 Å². The summed E-state index contributed by atoms with van der Waals surface area (Å²) < 4.78 is 0. The summed E-state index contributed by atoms with van der Waals surface area (Å²) in [7, 11) is 0. The van der Waals surface area contributed by atoms with Crippen LogP contribution in [-0.2, 0) is 0 Å². The van der Waals surface area contributed by atoms with E-state index in [4.69, 9.17) is 11.5 Å². The average molecular weight is 290 g/mol. The summed E-state index contributed by atoms with van der Waals surface area (Å²) in [6.45, 7) is 0. The van der Waals surface area contributed by atoms with E-state index in [-0.39, 0.29) is 0 Å². The predicted molar refractivity (Wildman–Crippen MR) is 92.3 cm³/mol. The van der Waals surface area contributed by atoms with Crippen LogP contribution < -0.4 is 11.5 Å². The van der Waals surface area contributed by atoms with Gasteiger partial charge in [0.1, 0.15) is 0 Å². The summed E-state index contributed by atoms with van der Waals surface area (Å²) in [5, 5.41) is 8.18. The van der Waals surface area contributed by atoms with Crippen molar-refractivity contribution in [2.24, 2.45) is 10.2 Å². The van der Waals surface area contributed by atoms with Crippen LogP contribution in [0, 0.1) is 0 Å². The van der Waals surface area contributed by atoms with Gasteiger partial charge in [-0.2, -0.15) is 10.2 Å². The zero-order valence-corrected chi connectivity index (χ0v) is 12.1. The number of azo groups is 1. The van der Waals surface area contributed by atoms with Crippen LogP contribution in [0.5, 0.6) is 0 Å². The molecule has 0 spiro atoms. The van der Waals surface area contributed by atoms with E-state index >= 15 is 0 Å². The molecule has 4 heteroatoms. The summed E-state index contributed by atoms with van der Waals surface area (Å²) in [6, 6.07) is 26.4. The molecule has 4 nitrogen and oxygen atoms in total. The molecule has 0 aliphatic rings. The van der Waals surface area contributed by atoms with Crippen LogP contribution in [0.1, 0.15) is 0 Å². The normalized spacial score (nSPS) is 10.0. The van der Waals surface area contributed by atoms with E-state index < -0.39 is 0 Å². The predicted octanol–water partition coefficient (Wildman–Crippen LogP) is 4.95. The number of hydrogen-bond donors (Lipinski definition) is 2. The van der Waals surface area contributed by atoms with Crippen molar-refractivity contribution in [3.63, 3.8) is 0 Å². The minimum atomic E-state index is 0.730. The molecule has 0 saturated heterocycles. The fraction of sp³-hybridized carbons (Fsp3) is 0. The number of nitrogens with two attached hydrogens (primary N) is 2. The van der Waals surface area contributed by atoms with Crippen molar-refractivity contribution in [1.82, 2.24) is 0 Å². The standard InChI is InChI=1S/C12H11N3.C6H7N/c13-10-6-8-12(9-7-10)15-14-11-4-2-1-3-5-11;7-6-4-2-1-3-5-6/h1-9H,13H2;1-5H,7H2. The maximum Gasteiger partial charge on any atom is 0.0858 e. The van der Waals surface area contributed by atoms with E-state index in [1.807, 2.05) is 72.8 Å². The lowest BCUT2D eigenvalue weighted by molar-refractivity contribution is 1.23. The Morgan fingerprint density at radius 1 is 0.455 bits per heavy atom. The Labute approximate surface area is 130 Å². The van der Waals surface area contributed by atoms with E-state index in [1.165, 1.54) is 0 Å². The van der Waals surface area contributed by atoms with E-state index in [0.717, 1.165) is 22.7 Å². The van der Waals surface area contributed by atoms with E-state index in [1.54, 1.807) is 12.1 Å². The van der Waals surface area contributed by atoms with Gasteiger partial charge in [0.2, 0.25) is 0 Å². The Morgan fingerprint density at radius 2 is 0.864 bits per heavy atom. The summed E-state index contributed by atoms with van der Waals surface area (Å²) in [6.07, 6.45) is 0. The smallest absolute Gasteiger partial charge is 0.0858 e. The SMILES string of the molecule is Nc1ccc(N=Nc2ccccc2)cc1.Nc1ccccc1. The van der Waals surface area contributed by atoms with Gasteiger partial charge >= 0.3 is 0 Å². The van der Waals surface area contributed by atoms with Crippen molar-refractivity contribution in [3.05, 3.63) is 84.9 Å². The van der Waals surface area contributed by atoms with Crippen molar-refractivity contribution in [3.8, 4) is 0 Å². The number of nitrogens with zero attached hydrogens (tertiary/aromatic N) is 2. The van der Waals surface area contributed by atoms with Gasteiger partial charge in [0.15, 0.2) is 0 Å².